The highest BCUT2D eigenvalue weighted by molar-refractivity contribution is 5.58. The van der Waals surface area contributed by atoms with Crippen molar-refractivity contribution in [3.8, 4) is 0 Å². The molecule has 0 unspecified atom stereocenters. The van der Waals surface area contributed by atoms with Gasteiger partial charge in [0.15, 0.2) is 5.65 Å². The Kier molecular flexibility index (Phi) is 8.92. The van der Waals surface area contributed by atoms with Crippen molar-refractivity contribution in [1.29, 1.82) is 0 Å². The van der Waals surface area contributed by atoms with Crippen LogP contribution in [0.15, 0.2) is 28.0 Å². The van der Waals surface area contributed by atoms with Crippen LogP contribution in [-0.4, -0.2) is 27.7 Å². The van der Waals surface area contributed by atoms with Crippen molar-refractivity contribution in [2.45, 2.75) is 93.4 Å². The average Bonchev–Trinajstić information content (AvgIpc) is 3.20. The molecule has 2 heterocycles. The van der Waals surface area contributed by atoms with E-state index in [1.807, 2.05) is 0 Å². The summed E-state index contributed by atoms with van der Waals surface area (Å²) in [6.07, 6.45) is 4.87. The van der Waals surface area contributed by atoms with Crippen molar-refractivity contribution in [2.75, 3.05) is 18.0 Å². The van der Waals surface area contributed by atoms with E-state index < -0.39 is 0 Å². The predicted octanol–water partition coefficient (Wildman–Crippen LogP) is 5.57. The fourth-order valence-electron chi connectivity index (χ4n) is 4.63. The maximum atomic E-state index is 13.7. The molecule has 190 valence electrons. The maximum absolute atomic E-state index is 13.7. The van der Waals surface area contributed by atoms with Crippen LogP contribution in [0, 0.1) is 6.92 Å². The lowest BCUT2D eigenvalue weighted by Crippen LogP contribution is -2.26. The van der Waals surface area contributed by atoms with E-state index in [1.54, 1.807) is 4.52 Å². The number of hydrogen-bond donors (Lipinski definition) is 1. The van der Waals surface area contributed by atoms with Crippen molar-refractivity contribution in [3.05, 3.63) is 56.1 Å². The van der Waals surface area contributed by atoms with Crippen molar-refractivity contribution in [2.24, 2.45) is 4.99 Å². The number of aromatic nitrogens is 3. The summed E-state index contributed by atoms with van der Waals surface area (Å²) in [5.41, 5.74) is 6.73. The van der Waals surface area contributed by atoms with E-state index in [-0.39, 0.29) is 11.5 Å². The SMILES string of the molecule is CCCCCc1c(C(C)C)nc2c(=Nc3ccc(N(CC)CC)cc3C)/c(=C(/C)CC)[nH]n2c1=O. The number of unbranched alkanes of at least 4 members (excludes halogenated alkanes) is 2. The fraction of sp³-hybridized carbons (Fsp3) is 0.552. The third kappa shape index (κ3) is 5.52. The number of aryl methyl sites for hydroxylation is 1. The Balaban J connectivity index is 2.33. The molecule has 0 saturated heterocycles. The van der Waals surface area contributed by atoms with Crippen LogP contribution in [0.5, 0.6) is 0 Å². The summed E-state index contributed by atoms with van der Waals surface area (Å²) in [5, 5.41) is 5.02. The molecule has 1 N–H and O–H groups in total. The topological polar surface area (TPSA) is 65.8 Å². The lowest BCUT2D eigenvalue weighted by molar-refractivity contribution is 0.684. The highest BCUT2D eigenvalue weighted by Crippen LogP contribution is 2.24. The molecule has 0 radical (unpaired) electrons. The second-order valence-corrected chi connectivity index (χ2v) is 9.78. The molecule has 6 heteroatoms. The van der Waals surface area contributed by atoms with E-state index in [0.717, 1.165) is 84.0 Å². The van der Waals surface area contributed by atoms with E-state index in [2.05, 4.69) is 83.6 Å². The van der Waals surface area contributed by atoms with Gasteiger partial charge >= 0.3 is 0 Å². The number of nitrogens with one attached hydrogen (secondary N) is 1. The van der Waals surface area contributed by atoms with Gasteiger partial charge in [0.1, 0.15) is 5.36 Å². The minimum absolute atomic E-state index is 0.00927. The lowest BCUT2D eigenvalue weighted by atomic mass is 10.00. The number of anilines is 1. The molecule has 35 heavy (non-hydrogen) atoms. The number of H-pyrrole nitrogens is 1. The lowest BCUT2D eigenvalue weighted by Gasteiger charge is -2.21. The van der Waals surface area contributed by atoms with Crippen LogP contribution in [0.2, 0.25) is 0 Å². The zero-order valence-corrected chi connectivity index (χ0v) is 23.0. The zero-order valence-electron chi connectivity index (χ0n) is 23.0. The monoisotopic (exact) mass is 477 g/mol. The van der Waals surface area contributed by atoms with E-state index >= 15 is 0 Å². The van der Waals surface area contributed by atoms with Crippen LogP contribution < -0.4 is 21.2 Å². The van der Waals surface area contributed by atoms with Gasteiger partial charge in [0.2, 0.25) is 0 Å². The van der Waals surface area contributed by atoms with Crippen LogP contribution >= 0.6 is 0 Å². The first-order valence-corrected chi connectivity index (χ1v) is 13.3. The Morgan fingerprint density at radius 3 is 2.43 bits per heavy atom. The van der Waals surface area contributed by atoms with Crippen LogP contribution in [0.25, 0.3) is 11.2 Å². The number of benzene rings is 1. The molecule has 0 aliphatic heterocycles. The summed E-state index contributed by atoms with van der Waals surface area (Å²) in [6.45, 7) is 19.0. The summed E-state index contributed by atoms with van der Waals surface area (Å²) < 4.78 is 1.63. The third-order valence-corrected chi connectivity index (χ3v) is 6.96. The third-order valence-electron chi connectivity index (χ3n) is 6.96. The van der Waals surface area contributed by atoms with E-state index in [1.165, 1.54) is 5.69 Å². The van der Waals surface area contributed by atoms with E-state index in [0.29, 0.717) is 5.65 Å². The standard InChI is InChI=1S/C29H43N5O/c1-9-13-14-15-23-25(19(5)6)31-28-27(26(20(7)10-2)32-34(28)29(23)35)30-24-17-16-22(18-21(24)8)33(11-3)12-4/h16-19,32H,9-15H2,1-8H3/b26-20+,30-27?. The number of fused-ring (bicyclic) bond motifs is 1. The molecule has 0 atom stereocenters. The number of aromatic amines is 1. The molecular weight excluding hydrogens is 434 g/mol. The molecule has 0 bridgehead atoms. The van der Waals surface area contributed by atoms with Crippen molar-refractivity contribution in [3.63, 3.8) is 0 Å². The van der Waals surface area contributed by atoms with Crippen LogP contribution in [0.4, 0.5) is 11.4 Å². The smallest absolute Gasteiger partial charge is 0.276 e. The Hall–Kier alpha value is -2.89. The molecule has 3 aromatic rings. The summed E-state index contributed by atoms with van der Waals surface area (Å²) in [4.78, 5) is 26.2. The molecule has 2 aromatic heterocycles. The second kappa shape index (κ2) is 11.7. The molecular formula is C29H43N5O. The van der Waals surface area contributed by atoms with Crippen molar-refractivity contribution in [1.82, 2.24) is 14.6 Å². The number of rotatable bonds is 10. The second-order valence-electron chi connectivity index (χ2n) is 9.78. The molecule has 0 aliphatic rings. The first kappa shape index (κ1) is 26.7. The van der Waals surface area contributed by atoms with Gasteiger partial charge in [-0.1, -0.05) is 40.5 Å². The minimum Gasteiger partial charge on any atom is -0.372 e. The molecule has 0 spiro atoms. The van der Waals surface area contributed by atoms with Gasteiger partial charge in [-0.05, 0) is 82.2 Å². The average molecular weight is 478 g/mol. The molecule has 0 fully saturated rings. The van der Waals surface area contributed by atoms with Gasteiger partial charge < -0.3 is 4.90 Å². The summed E-state index contributed by atoms with van der Waals surface area (Å²) in [5.74, 6) is 0.168. The van der Waals surface area contributed by atoms with Crippen molar-refractivity contribution < 1.29 is 0 Å². The zero-order chi connectivity index (χ0) is 25.7. The molecule has 3 rings (SSSR count). The van der Waals surface area contributed by atoms with Gasteiger partial charge in [0.05, 0.1) is 16.7 Å². The first-order chi connectivity index (χ1) is 16.8. The highest BCUT2D eigenvalue weighted by Gasteiger charge is 2.18. The summed E-state index contributed by atoms with van der Waals surface area (Å²) in [7, 11) is 0. The van der Waals surface area contributed by atoms with Gasteiger partial charge in [0, 0.05) is 24.3 Å². The van der Waals surface area contributed by atoms with Gasteiger partial charge in [-0.25, -0.2) is 9.98 Å². The first-order valence-electron chi connectivity index (χ1n) is 13.3. The largest absolute Gasteiger partial charge is 0.372 e. The van der Waals surface area contributed by atoms with Crippen molar-refractivity contribution >= 4 is 22.6 Å². The Morgan fingerprint density at radius 2 is 1.86 bits per heavy atom. The summed E-state index contributed by atoms with van der Waals surface area (Å²) >= 11 is 0. The van der Waals surface area contributed by atoms with E-state index in [9.17, 15) is 4.79 Å². The van der Waals surface area contributed by atoms with E-state index in [4.69, 9.17) is 9.98 Å². The fourth-order valence-corrected chi connectivity index (χ4v) is 4.63. The highest BCUT2D eigenvalue weighted by atomic mass is 16.1. The molecule has 6 nitrogen and oxygen atoms in total. The van der Waals surface area contributed by atoms with Gasteiger partial charge in [-0.2, -0.15) is 4.52 Å². The van der Waals surface area contributed by atoms with Gasteiger partial charge in [-0.3, -0.25) is 9.89 Å². The van der Waals surface area contributed by atoms with Crippen LogP contribution in [0.3, 0.4) is 0 Å². The predicted molar refractivity (Wildman–Crippen MR) is 148 cm³/mol. The van der Waals surface area contributed by atoms with Crippen LogP contribution in [-0.2, 0) is 6.42 Å². The van der Waals surface area contributed by atoms with Crippen LogP contribution in [0.1, 0.15) is 96.9 Å². The van der Waals surface area contributed by atoms with Gasteiger partial charge in [-0.15, -0.1) is 0 Å². The molecule has 0 amide bonds. The van der Waals surface area contributed by atoms with Gasteiger partial charge in [0.25, 0.3) is 5.56 Å². The quantitative estimate of drug-likeness (QED) is 0.389. The Morgan fingerprint density at radius 1 is 1.14 bits per heavy atom. The Bertz CT molecular complexity index is 1340. The number of nitrogens with zero attached hydrogens (tertiary/aromatic N) is 4. The normalized spacial score (nSPS) is 13.2. The molecule has 1 aromatic carbocycles. The maximum Gasteiger partial charge on any atom is 0.276 e. The number of hydrogen-bond acceptors (Lipinski definition) is 4. The summed E-state index contributed by atoms with van der Waals surface area (Å²) in [6, 6.07) is 6.41. The molecule has 0 saturated carbocycles. The minimum atomic E-state index is 0.00927. The molecule has 0 aliphatic carbocycles. The Labute approximate surface area is 209 Å².